The lowest BCUT2D eigenvalue weighted by Gasteiger charge is -2.12. The number of imidazole rings is 1. The maximum atomic E-state index is 12.3. The van der Waals surface area contributed by atoms with Gasteiger partial charge in [0.15, 0.2) is 0 Å². The normalized spacial score (nSPS) is 11.2. The molecule has 3 aromatic heterocycles. The highest BCUT2D eigenvalue weighted by Gasteiger charge is 2.25. The fraction of sp³-hybridized carbons (Fsp3) is 0.400. The Balaban J connectivity index is 2.05. The highest BCUT2D eigenvalue weighted by Crippen LogP contribution is 2.36. The maximum absolute atomic E-state index is 12.3. The molecule has 5 nitrogen and oxygen atoms in total. The van der Waals surface area contributed by atoms with Gasteiger partial charge < -0.3 is 15.3 Å². The molecule has 0 saturated carbocycles. The fourth-order valence-corrected chi connectivity index (χ4v) is 4.34. The van der Waals surface area contributed by atoms with Gasteiger partial charge in [-0.2, -0.15) is 0 Å². The summed E-state index contributed by atoms with van der Waals surface area (Å²) in [5, 5.41) is 2.05. The Morgan fingerprint density at radius 2 is 2.19 bits per heavy atom. The highest BCUT2D eigenvalue weighted by molar-refractivity contribution is 7.13. The second-order valence-corrected chi connectivity index (χ2v) is 7.51. The van der Waals surface area contributed by atoms with Crippen LogP contribution in [0.3, 0.4) is 0 Å². The Bertz CT molecular complexity index is 847. The quantitative estimate of drug-likeness (QED) is 0.550. The third kappa shape index (κ3) is 3.75. The van der Waals surface area contributed by atoms with Crippen LogP contribution in [-0.4, -0.2) is 20.4 Å². The summed E-state index contributed by atoms with van der Waals surface area (Å²) in [6.07, 6.45) is 8.82. The van der Waals surface area contributed by atoms with Gasteiger partial charge in [0.2, 0.25) is 0 Å². The molecule has 3 N–H and O–H groups in total. The number of thiophene rings is 1. The van der Waals surface area contributed by atoms with Crippen molar-refractivity contribution in [3.05, 3.63) is 52.7 Å². The van der Waals surface area contributed by atoms with Crippen LogP contribution < -0.4 is 5.73 Å². The molecule has 3 rings (SSSR count). The topological polar surface area (TPSA) is 76.7 Å². The lowest BCUT2D eigenvalue weighted by Crippen LogP contribution is -2.13. The molecule has 0 spiro atoms. The van der Waals surface area contributed by atoms with E-state index in [0.29, 0.717) is 5.56 Å². The molecule has 3 heterocycles. The second kappa shape index (κ2) is 8.36. The molecule has 0 radical (unpaired) electrons. The average molecular weight is 371 g/mol. The number of nitrogens with zero attached hydrogens (tertiary/aromatic N) is 2. The number of aryl methyl sites for hydroxylation is 1. The molecule has 0 saturated heterocycles. The van der Waals surface area contributed by atoms with Crippen molar-refractivity contribution in [2.75, 3.05) is 0 Å². The number of aromatic amines is 1. The Kier molecular flexibility index (Phi) is 5.93. The van der Waals surface area contributed by atoms with Gasteiger partial charge in [0.25, 0.3) is 5.91 Å². The number of hydrogen-bond acceptors (Lipinski definition) is 3. The third-order valence-electron chi connectivity index (χ3n) is 4.82. The Labute approximate surface area is 158 Å². The molecular weight excluding hydrogens is 344 g/mol. The summed E-state index contributed by atoms with van der Waals surface area (Å²) in [6, 6.07) is 4.10. The van der Waals surface area contributed by atoms with E-state index in [1.807, 2.05) is 24.6 Å². The predicted molar refractivity (Wildman–Crippen MR) is 107 cm³/mol. The molecule has 0 fully saturated rings. The van der Waals surface area contributed by atoms with Gasteiger partial charge in [-0.25, -0.2) is 4.98 Å². The Hall–Kier alpha value is -2.34. The number of unbranched alkanes of at least 4 members (excludes halogenated alkanes) is 2. The minimum Gasteiger partial charge on any atom is -0.366 e. The molecule has 0 unspecified atom stereocenters. The summed E-state index contributed by atoms with van der Waals surface area (Å²) < 4.78 is 2.28. The molecule has 3 aromatic rings. The van der Waals surface area contributed by atoms with E-state index in [2.05, 4.69) is 27.5 Å². The zero-order valence-electron chi connectivity index (χ0n) is 15.4. The first-order chi connectivity index (χ1) is 12.6. The zero-order chi connectivity index (χ0) is 18.5. The van der Waals surface area contributed by atoms with Crippen LogP contribution in [0.4, 0.5) is 0 Å². The number of nitrogens with two attached hydrogens (primary N) is 1. The van der Waals surface area contributed by atoms with Crippen LogP contribution in [0.15, 0.2) is 30.0 Å². The summed E-state index contributed by atoms with van der Waals surface area (Å²) >= 11 is 1.66. The number of primary amides is 1. The van der Waals surface area contributed by atoms with Crippen molar-refractivity contribution in [1.82, 2.24) is 14.5 Å². The van der Waals surface area contributed by atoms with Gasteiger partial charge in [-0.3, -0.25) is 4.79 Å². The maximum Gasteiger partial charge on any atom is 0.251 e. The molecule has 0 aliphatic carbocycles. The van der Waals surface area contributed by atoms with E-state index in [9.17, 15) is 4.79 Å². The smallest absolute Gasteiger partial charge is 0.251 e. The van der Waals surface area contributed by atoms with Gasteiger partial charge in [-0.1, -0.05) is 25.8 Å². The number of carbonyl (C=O) groups excluding carboxylic acids is 1. The molecule has 1 amide bonds. The van der Waals surface area contributed by atoms with Crippen LogP contribution >= 0.6 is 11.3 Å². The summed E-state index contributed by atoms with van der Waals surface area (Å²) in [5.41, 5.74) is 10.8. The van der Waals surface area contributed by atoms with E-state index >= 15 is 0 Å². The third-order valence-corrected chi connectivity index (χ3v) is 5.71. The largest absolute Gasteiger partial charge is 0.366 e. The van der Waals surface area contributed by atoms with Crippen LogP contribution in [0.1, 0.15) is 53.6 Å². The van der Waals surface area contributed by atoms with E-state index in [1.54, 1.807) is 17.7 Å². The first kappa shape index (κ1) is 18.5. The standard InChI is InChI=1S/C20H26N4OS/c1-3-4-5-7-16-19(17-8-6-11-26-17)18(20(21)25)14(2)24(16)10-9-15-12-22-13-23-15/h6,8,11-13H,3-5,7,9-10H2,1-2H3,(H2,21,25)(H,22,23). The number of rotatable bonds is 9. The first-order valence-corrected chi connectivity index (χ1v) is 10.0. The van der Waals surface area contributed by atoms with Crippen molar-refractivity contribution in [3.8, 4) is 10.4 Å². The second-order valence-electron chi connectivity index (χ2n) is 6.56. The average Bonchev–Trinajstić information content (AvgIpc) is 3.34. The van der Waals surface area contributed by atoms with Gasteiger partial charge in [0, 0.05) is 46.7 Å². The summed E-state index contributed by atoms with van der Waals surface area (Å²) in [7, 11) is 0. The molecule has 138 valence electrons. The summed E-state index contributed by atoms with van der Waals surface area (Å²) in [5.74, 6) is -0.345. The van der Waals surface area contributed by atoms with Crippen molar-refractivity contribution in [3.63, 3.8) is 0 Å². The van der Waals surface area contributed by atoms with Crippen molar-refractivity contribution in [2.24, 2.45) is 5.73 Å². The Morgan fingerprint density at radius 3 is 2.81 bits per heavy atom. The van der Waals surface area contributed by atoms with Crippen LogP contribution in [0.25, 0.3) is 10.4 Å². The number of amides is 1. The molecular formula is C20H26N4OS. The minimum absolute atomic E-state index is 0.345. The zero-order valence-corrected chi connectivity index (χ0v) is 16.2. The van der Waals surface area contributed by atoms with E-state index in [4.69, 9.17) is 5.73 Å². The number of hydrogen-bond donors (Lipinski definition) is 2. The lowest BCUT2D eigenvalue weighted by atomic mass is 10.0. The van der Waals surface area contributed by atoms with Crippen molar-refractivity contribution in [1.29, 1.82) is 0 Å². The fourth-order valence-electron chi connectivity index (χ4n) is 3.54. The van der Waals surface area contributed by atoms with Gasteiger partial charge in [0.1, 0.15) is 0 Å². The van der Waals surface area contributed by atoms with Gasteiger partial charge in [0.05, 0.1) is 11.9 Å². The highest BCUT2D eigenvalue weighted by atomic mass is 32.1. The predicted octanol–water partition coefficient (Wildman–Crippen LogP) is 4.32. The van der Waals surface area contributed by atoms with E-state index in [1.165, 1.54) is 18.5 Å². The SMILES string of the molecule is CCCCCc1c(-c2cccs2)c(C(N)=O)c(C)n1CCc1cnc[nH]1. The molecule has 0 bridgehead atoms. The van der Waals surface area contributed by atoms with Crippen molar-refractivity contribution >= 4 is 17.2 Å². The lowest BCUT2D eigenvalue weighted by molar-refractivity contribution is 0.1000. The van der Waals surface area contributed by atoms with Gasteiger partial charge in [-0.15, -0.1) is 11.3 Å². The molecule has 26 heavy (non-hydrogen) atoms. The Morgan fingerprint density at radius 1 is 1.35 bits per heavy atom. The van der Waals surface area contributed by atoms with Gasteiger partial charge >= 0.3 is 0 Å². The van der Waals surface area contributed by atoms with E-state index < -0.39 is 0 Å². The summed E-state index contributed by atoms with van der Waals surface area (Å²) in [4.78, 5) is 20.6. The molecule has 6 heteroatoms. The molecule has 0 aliphatic heterocycles. The number of carbonyl (C=O) groups is 1. The first-order valence-electron chi connectivity index (χ1n) is 9.16. The molecule has 0 aliphatic rings. The van der Waals surface area contributed by atoms with E-state index in [-0.39, 0.29) is 5.91 Å². The molecule has 0 aromatic carbocycles. The number of aromatic nitrogens is 3. The van der Waals surface area contributed by atoms with Crippen LogP contribution in [0.5, 0.6) is 0 Å². The van der Waals surface area contributed by atoms with E-state index in [0.717, 1.165) is 47.6 Å². The minimum atomic E-state index is -0.345. The summed E-state index contributed by atoms with van der Waals surface area (Å²) in [6.45, 7) is 5.02. The number of H-pyrrole nitrogens is 1. The number of nitrogens with one attached hydrogen (secondary N) is 1. The molecule has 0 atom stereocenters. The van der Waals surface area contributed by atoms with Crippen LogP contribution in [0, 0.1) is 6.92 Å². The van der Waals surface area contributed by atoms with Crippen molar-refractivity contribution < 1.29 is 4.79 Å². The van der Waals surface area contributed by atoms with Gasteiger partial charge in [-0.05, 0) is 31.2 Å². The van der Waals surface area contributed by atoms with Crippen LogP contribution in [0.2, 0.25) is 0 Å². The van der Waals surface area contributed by atoms with Crippen LogP contribution in [-0.2, 0) is 19.4 Å². The van der Waals surface area contributed by atoms with Crippen molar-refractivity contribution in [2.45, 2.75) is 52.5 Å². The monoisotopic (exact) mass is 370 g/mol.